The second-order valence-corrected chi connectivity index (χ2v) is 6.65. The number of carbonyl (C=O) groups is 1. The largest absolute Gasteiger partial charge is 0.478 e. The Morgan fingerprint density at radius 1 is 1.09 bits per heavy atom. The Balaban J connectivity index is 0.000000385. The molecule has 2 heterocycles. The van der Waals surface area contributed by atoms with Crippen molar-refractivity contribution in [2.24, 2.45) is 0 Å². The molecule has 0 unspecified atom stereocenters. The Morgan fingerprint density at radius 2 is 1.72 bits per heavy atom. The van der Waals surface area contributed by atoms with Crippen LogP contribution in [0.25, 0.3) is 11.3 Å². The molecule has 8 nitrogen and oxygen atoms in total. The van der Waals surface area contributed by atoms with Crippen molar-refractivity contribution >= 4 is 17.6 Å². The van der Waals surface area contributed by atoms with Gasteiger partial charge >= 0.3 is 5.97 Å². The SMILES string of the molecule is C1CN1.CCNCC.N#Cc1cnc(Nc2ccc(C(=O)O)cc2)nc1-c1ccccc1. The van der Waals surface area contributed by atoms with E-state index in [9.17, 15) is 10.1 Å². The monoisotopic (exact) mass is 432 g/mol. The van der Waals surface area contributed by atoms with Crippen LogP contribution in [0.5, 0.6) is 0 Å². The van der Waals surface area contributed by atoms with Crippen LogP contribution >= 0.6 is 0 Å². The molecule has 4 N–H and O–H groups in total. The van der Waals surface area contributed by atoms with Gasteiger partial charge in [-0.3, -0.25) is 0 Å². The van der Waals surface area contributed by atoms with Crippen LogP contribution in [0, 0.1) is 11.3 Å². The van der Waals surface area contributed by atoms with Crippen molar-refractivity contribution in [3.63, 3.8) is 0 Å². The Kier molecular flexibility index (Phi) is 10.3. The highest BCUT2D eigenvalue weighted by Crippen LogP contribution is 2.23. The van der Waals surface area contributed by atoms with Gasteiger partial charge in [0.25, 0.3) is 0 Å². The molecular weight excluding hydrogens is 404 g/mol. The first-order valence-electron chi connectivity index (χ1n) is 10.4. The molecule has 1 saturated heterocycles. The highest BCUT2D eigenvalue weighted by atomic mass is 16.4. The molecule has 1 fully saturated rings. The summed E-state index contributed by atoms with van der Waals surface area (Å²) in [5.41, 5.74) is 2.60. The lowest BCUT2D eigenvalue weighted by atomic mass is 10.1. The summed E-state index contributed by atoms with van der Waals surface area (Å²) in [7, 11) is 0. The maximum Gasteiger partial charge on any atom is 0.335 e. The molecule has 166 valence electrons. The highest BCUT2D eigenvalue weighted by Gasteiger charge is 2.10. The minimum atomic E-state index is -0.984. The van der Waals surface area contributed by atoms with E-state index >= 15 is 0 Å². The van der Waals surface area contributed by atoms with E-state index in [0.29, 0.717) is 22.9 Å². The third-order valence-corrected chi connectivity index (χ3v) is 4.09. The predicted molar refractivity (Wildman–Crippen MR) is 126 cm³/mol. The molecule has 1 aliphatic rings. The zero-order valence-electron chi connectivity index (χ0n) is 18.3. The lowest BCUT2D eigenvalue weighted by Crippen LogP contribution is -2.09. The lowest BCUT2D eigenvalue weighted by Gasteiger charge is -2.08. The number of benzene rings is 2. The molecular formula is C24H28N6O2. The van der Waals surface area contributed by atoms with Gasteiger partial charge in [-0.1, -0.05) is 44.2 Å². The smallest absolute Gasteiger partial charge is 0.335 e. The Hall–Kier alpha value is -3.80. The molecule has 0 amide bonds. The van der Waals surface area contributed by atoms with Gasteiger partial charge in [0.2, 0.25) is 5.95 Å². The number of carboxylic acids is 1. The van der Waals surface area contributed by atoms with Crippen molar-refractivity contribution in [3.05, 3.63) is 71.9 Å². The standard InChI is InChI=1S/C18H12N4O2.C4H11N.C2H5N/c19-10-14-11-20-18(22-16(14)12-4-2-1-3-5-12)21-15-8-6-13(7-9-15)17(23)24;1-3-5-4-2;1-2-3-1/h1-9,11H,(H,23,24)(H,20,21,22);5H,3-4H2,1-2H3;3H,1-2H2. The third-order valence-electron chi connectivity index (χ3n) is 4.09. The summed E-state index contributed by atoms with van der Waals surface area (Å²) in [6.07, 6.45) is 1.46. The minimum absolute atomic E-state index is 0.200. The van der Waals surface area contributed by atoms with Gasteiger partial charge in [0.15, 0.2) is 0 Å². The van der Waals surface area contributed by atoms with Gasteiger partial charge in [-0.25, -0.2) is 14.8 Å². The molecule has 8 heteroatoms. The fourth-order valence-electron chi connectivity index (χ4n) is 2.42. The van der Waals surface area contributed by atoms with E-state index in [1.807, 2.05) is 30.3 Å². The fourth-order valence-corrected chi connectivity index (χ4v) is 2.42. The summed E-state index contributed by atoms with van der Waals surface area (Å²) in [5.74, 6) is -0.654. The number of carboxylic acid groups (broad SMARTS) is 1. The lowest BCUT2D eigenvalue weighted by molar-refractivity contribution is 0.0697. The molecule has 0 radical (unpaired) electrons. The summed E-state index contributed by atoms with van der Waals surface area (Å²) in [6, 6.07) is 17.7. The van der Waals surface area contributed by atoms with E-state index in [4.69, 9.17) is 5.11 Å². The van der Waals surface area contributed by atoms with E-state index in [1.165, 1.54) is 31.4 Å². The number of nitrogens with one attached hydrogen (secondary N) is 3. The van der Waals surface area contributed by atoms with Crippen LogP contribution in [0.3, 0.4) is 0 Å². The van der Waals surface area contributed by atoms with Crippen molar-refractivity contribution in [2.45, 2.75) is 13.8 Å². The second-order valence-electron chi connectivity index (χ2n) is 6.65. The minimum Gasteiger partial charge on any atom is -0.478 e. The second kappa shape index (κ2) is 13.5. The number of anilines is 2. The van der Waals surface area contributed by atoms with Crippen molar-refractivity contribution < 1.29 is 9.90 Å². The normalized spacial score (nSPS) is 11.0. The van der Waals surface area contributed by atoms with Gasteiger partial charge in [-0.05, 0) is 37.4 Å². The fraction of sp³-hybridized carbons (Fsp3) is 0.250. The molecule has 0 bridgehead atoms. The van der Waals surface area contributed by atoms with Gasteiger partial charge < -0.3 is 21.1 Å². The summed E-state index contributed by atoms with van der Waals surface area (Å²) >= 11 is 0. The maximum absolute atomic E-state index is 10.9. The number of hydrogen-bond acceptors (Lipinski definition) is 7. The number of rotatable bonds is 6. The summed E-state index contributed by atoms with van der Waals surface area (Å²) in [4.78, 5) is 19.4. The molecule has 1 aliphatic heterocycles. The number of aromatic carboxylic acids is 1. The number of nitriles is 1. The van der Waals surface area contributed by atoms with Crippen LogP contribution < -0.4 is 16.0 Å². The molecule has 2 aromatic carbocycles. The first kappa shape index (κ1) is 24.5. The predicted octanol–water partition coefficient (Wildman–Crippen LogP) is 3.66. The van der Waals surface area contributed by atoms with Gasteiger partial charge in [0.05, 0.1) is 23.0 Å². The van der Waals surface area contributed by atoms with Gasteiger partial charge in [0.1, 0.15) is 6.07 Å². The van der Waals surface area contributed by atoms with Crippen molar-refractivity contribution in [3.8, 4) is 17.3 Å². The van der Waals surface area contributed by atoms with Gasteiger partial charge in [0, 0.05) is 24.3 Å². The summed E-state index contributed by atoms with van der Waals surface area (Å²) in [5, 5.41) is 27.3. The van der Waals surface area contributed by atoms with E-state index < -0.39 is 5.97 Å². The molecule has 1 aromatic heterocycles. The van der Waals surface area contributed by atoms with Crippen molar-refractivity contribution in [1.82, 2.24) is 20.6 Å². The average molecular weight is 433 g/mol. The number of hydrogen-bond donors (Lipinski definition) is 4. The Labute approximate surface area is 188 Å². The van der Waals surface area contributed by atoms with E-state index in [-0.39, 0.29) is 5.56 Å². The number of aromatic nitrogens is 2. The maximum atomic E-state index is 10.9. The van der Waals surface area contributed by atoms with Gasteiger partial charge in [-0.2, -0.15) is 5.26 Å². The van der Waals surface area contributed by atoms with Crippen LogP contribution in [-0.4, -0.2) is 47.2 Å². The average Bonchev–Trinajstić information content (AvgIpc) is 3.71. The number of nitrogens with zero attached hydrogens (tertiary/aromatic N) is 3. The highest BCUT2D eigenvalue weighted by molar-refractivity contribution is 5.88. The Bertz CT molecular complexity index is 1010. The first-order valence-corrected chi connectivity index (χ1v) is 10.4. The third kappa shape index (κ3) is 8.52. The molecule has 4 rings (SSSR count). The molecule has 32 heavy (non-hydrogen) atoms. The van der Waals surface area contributed by atoms with Crippen LogP contribution in [0.2, 0.25) is 0 Å². The molecule has 0 atom stereocenters. The van der Waals surface area contributed by atoms with Crippen molar-refractivity contribution in [1.29, 1.82) is 5.26 Å². The molecule has 3 aromatic rings. The quantitative estimate of drug-likeness (QED) is 0.434. The van der Waals surface area contributed by atoms with Crippen LogP contribution in [0.15, 0.2) is 60.8 Å². The zero-order valence-corrected chi connectivity index (χ0v) is 18.3. The molecule has 0 spiro atoms. The van der Waals surface area contributed by atoms with E-state index in [1.54, 1.807) is 12.1 Å². The van der Waals surface area contributed by atoms with Crippen LogP contribution in [0.4, 0.5) is 11.6 Å². The molecule has 0 aliphatic carbocycles. The summed E-state index contributed by atoms with van der Waals surface area (Å²) < 4.78 is 0. The van der Waals surface area contributed by atoms with Crippen LogP contribution in [0.1, 0.15) is 29.8 Å². The van der Waals surface area contributed by atoms with Crippen LogP contribution in [-0.2, 0) is 0 Å². The van der Waals surface area contributed by atoms with Crippen molar-refractivity contribution in [2.75, 3.05) is 31.5 Å². The van der Waals surface area contributed by atoms with E-state index in [2.05, 4.69) is 45.8 Å². The zero-order chi connectivity index (χ0) is 23.2. The van der Waals surface area contributed by atoms with E-state index in [0.717, 1.165) is 18.7 Å². The topological polar surface area (TPSA) is 133 Å². The molecule has 0 saturated carbocycles. The Morgan fingerprint density at radius 3 is 2.19 bits per heavy atom. The first-order chi connectivity index (χ1) is 15.6. The summed E-state index contributed by atoms with van der Waals surface area (Å²) in [6.45, 7) is 8.89. The van der Waals surface area contributed by atoms with Gasteiger partial charge in [-0.15, -0.1) is 0 Å².